The molecule has 3 heteroatoms. The largest absolute Gasteiger partial charge is 0.295 e. The summed E-state index contributed by atoms with van der Waals surface area (Å²) in [5.74, 6) is -0.238. The maximum Gasteiger partial charge on any atom is 0.126 e. The highest BCUT2D eigenvalue weighted by Gasteiger charge is 2.19. The smallest absolute Gasteiger partial charge is 0.126 e. The maximum atomic E-state index is 13.5. The Morgan fingerprint density at radius 3 is 2.67 bits per heavy atom. The molecule has 0 amide bonds. The number of aryl methyl sites for hydroxylation is 1. The van der Waals surface area contributed by atoms with Crippen molar-refractivity contribution in [2.24, 2.45) is 0 Å². The summed E-state index contributed by atoms with van der Waals surface area (Å²) in [7, 11) is 0. The number of rotatable bonds is 3. The van der Waals surface area contributed by atoms with Crippen molar-refractivity contribution in [1.82, 2.24) is 5.32 Å². The third kappa shape index (κ3) is 3.08. The number of hydrogen-bond donors (Lipinski definition) is 1. The number of benzene rings is 1. The highest BCUT2D eigenvalue weighted by Crippen LogP contribution is 2.22. The predicted octanol–water partition coefficient (Wildman–Crippen LogP) is 3.62. The van der Waals surface area contributed by atoms with Crippen LogP contribution in [0.25, 0.3) is 0 Å². The zero-order valence-electron chi connectivity index (χ0n) is 10.7. The summed E-state index contributed by atoms with van der Waals surface area (Å²) in [6.45, 7) is 1.73. The lowest BCUT2D eigenvalue weighted by molar-refractivity contribution is 0.359. The van der Waals surface area contributed by atoms with E-state index in [-0.39, 0.29) is 5.82 Å². The summed E-state index contributed by atoms with van der Waals surface area (Å²) in [6, 6.07) is 7.27. The SMILES string of the molecule is Cc1ccc(C(C#N)NC2CCCCC2)cc1F. The molecule has 18 heavy (non-hydrogen) atoms. The van der Waals surface area contributed by atoms with Crippen molar-refractivity contribution in [2.75, 3.05) is 0 Å². The van der Waals surface area contributed by atoms with Gasteiger partial charge < -0.3 is 0 Å². The Bertz CT molecular complexity index is 444. The summed E-state index contributed by atoms with van der Waals surface area (Å²) >= 11 is 0. The first kappa shape index (κ1) is 13.0. The third-order valence-corrected chi connectivity index (χ3v) is 3.67. The minimum Gasteiger partial charge on any atom is -0.295 e. The van der Waals surface area contributed by atoms with Gasteiger partial charge in [0.1, 0.15) is 11.9 Å². The summed E-state index contributed by atoms with van der Waals surface area (Å²) in [5, 5.41) is 12.6. The summed E-state index contributed by atoms with van der Waals surface area (Å²) in [6.07, 6.45) is 5.96. The van der Waals surface area contributed by atoms with Gasteiger partial charge in [0, 0.05) is 6.04 Å². The molecule has 1 aromatic rings. The molecule has 1 atom stereocenters. The second kappa shape index (κ2) is 5.97. The number of hydrogen-bond acceptors (Lipinski definition) is 2. The van der Waals surface area contributed by atoms with Gasteiger partial charge in [-0.05, 0) is 37.0 Å². The lowest BCUT2D eigenvalue weighted by Gasteiger charge is -2.25. The van der Waals surface area contributed by atoms with Crippen molar-refractivity contribution in [2.45, 2.75) is 51.1 Å². The average Bonchev–Trinajstić information content (AvgIpc) is 2.40. The van der Waals surface area contributed by atoms with E-state index < -0.39 is 6.04 Å². The van der Waals surface area contributed by atoms with E-state index in [1.165, 1.54) is 25.3 Å². The standard InChI is InChI=1S/C15H19FN2/c1-11-7-8-12(9-14(11)16)15(10-17)18-13-5-3-2-4-6-13/h7-9,13,15,18H,2-6H2,1H3. The van der Waals surface area contributed by atoms with Gasteiger partial charge in [-0.1, -0.05) is 31.4 Å². The number of nitrogens with zero attached hydrogens (tertiary/aromatic N) is 1. The number of halogens is 1. The second-order valence-electron chi connectivity index (χ2n) is 5.07. The van der Waals surface area contributed by atoms with Crippen molar-refractivity contribution in [3.8, 4) is 6.07 Å². The van der Waals surface area contributed by atoms with E-state index in [1.807, 2.05) is 6.07 Å². The van der Waals surface area contributed by atoms with Gasteiger partial charge in [0.2, 0.25) is 0 Å². The first-order valence-electron chi connectivity index (χ1n) is 6.62. The van der Waals surface area contributed by atoms with Gasteiger partial charge in [-0.3, -0.25) is 5.32 Å². The first-order chi connectivity index (χ1) is 8.70. The van der Waals surface area contributed by atoms with Gasteiger partial charge in [0.15, 0.2) is 0 Å². The van der Waals surface area contributed by atoms with Crippen LogP contribution in [0, 0.1) is 24.1 Å². The first-order valence-corrected chi connectivity index (χ1v) is 6.62. The average molecular weight is 246 g/mol. The highest BCUT2D eigenvalue weighted by atomic mass is 19.1. The Balaban J connectivity index is 2.07. The Labute approximate surface area is 108 Å². The highest BCUT2D eigenvalue weighted by molar-refractivity contribution is 5.29. The molecule has 0 spiro atoms. The molecule has 0 heterocycles. The van der Waals surface area contributed by atoms with Crippen LogP contribution in [0.15, 0.2) is 18.2 Å². The van der Waals surface area contributed by atoms with Crippen LogP contribution in [-0.2, 0) is 0 Å². The summed E-state index contributed by atoms with van der Waals surface area (Å²) in [5.41, 5.74) is 1.35. The van der Waals surface area contributed by atoms with Gasteiger partial charge in [-0.15, -0.1) is 0 Å². The van der Waals surface area contributed by atoms with Crippen molar-refractivity contribution in [1.29, 1.82) is 5.26 Å². The Kier molecular flexibility index (Phi) is 4.33. The van der Waals surface area contributed by atoms with Crippen LogP contribution < -0.4 is 5.32 Å². The molecule has 1 N–H and O–H groups in total. The molecule has 1 aromatic carbocycles. The monoisotopic (exact) mass is 246 g/mol. The van der Waals surface area contributed by atoms with Crippen LogP contribution in [0.2, 0.25) is 0 Å². The molecule has 0 aliphatic heterocycles. The van der Waals surface area contributed by atoms with Crippen molar-refractivity contribution in [3.63, 3.8) is 0 Å². The summed E-state index contributed by atoms with van der Waals surface area (Å²) < 4.78 is 13.5. The van der Waals surface area contributed by atoms with Crippen LogP contribution in [0.4, 0.5) is 4.39 Å². The third-order valence-electron chi connectivity index (χ3n) is 3.67. The van der Waals surface area contributed by atoms with Crippen molar-refractivity contribution >= 4 is 0 Å². The molecular formula is C15H19FN2. The van der Waals surface area contributed by atoms with E-state index in [9.17, 15) is 9.65 Å². The fraction of sp³-hybridized carbons (Fsp3) is 0.533. The molecule has 0 bridgehead atoms. The Morgan fingerprint density at radius 2 is 2.06 bits per heavy atom. The molecule has 1 aliphatic carbocycles. The van der Waals surface area contributed by atoms with E-state index in [0.29, 0.717) is 11.6 Å². The molecule has 0 aromatic heterocycles. The van der Waals surface area contributed by atoms with Gasteiger partial charge in [0.05, 0.1) is 6.07 Å². The normalized spacial score (nSPS) is 18.3. The van der Waals surface area contributed by atoms with Gasteiger partial charge in [-0.25, -0.2) is 4.39 Å². The molecular weight excluding hydrogens is 227 g/mol. The number of nitrogens with one attached hydrogen (secondary N) is 1. The lowest BCUT2D eigenvalue weighted by atomic mass is 9.94. The van der Waals surface area contributed by atoms with Gasteiger partial charge in [0.25, 0.3) is 0 Å². The zero-order valence-corrected chi connectivity index (χ0v) is 10.7. The fourth-order valence-electron chi connectivity index (χ4n) is 2.50. The predicted molar refractivity (Wildman–Crippen MR) is 69.5 cm³/mol. The molecule has 1 unspecified atom stereocenters. The number of nitriles is 1. The molecule has 0 saturated heterocycles. The van der Waals surface area contributed by atoms with Gasteiger partial charge in [-0.2, -0.15) is 5.26 Å². The van der Waals surface area contributed by atoms with Crippen LogP contribution in [0.5, 0.6) is 0 Å². The molecule has 0 radical (unpaired) electrons. The minimum atomic E-state index is -0.400. The van der Waals surface area contributed by atoms with E-state index in [2.05, 4.69) is 11.4 Å². The van der Waals surface area contributed by atoms with E-state index in [0.717, 1.165) is 18.4 Å². The van der Waals surface area contributed by atoms with E-state index in [4.69, 9.17) is 0 Å². The van der Waals surface area contributed by atoms with Crippen molar-refractivity contribution < 1.29 is 4.39 Å². The lowest BCUT2D eigenvalue weighted by Crippen LogP contribution is -2.33. The van der Waals surface area contributed by atoms with Crippen molar-refractivity contribution in [3.05, 3.63) is 35.1 Å². The summed E-state index contributed by atoms with van der Waals surface area (Å²) in [4.78, 5) is 0. The van der Waals surface area contributed by atoms with Crippen LogP contribution in [0.3, 0.4) is 0 Å². The Morgan fingerprint density at radius 1 is 1.33 bits per heavy atom. The van der Waals surface area contributed by atoms with Gasteiger partial charge >= 0.3 is 0 Å². The maximum absolute atomic E-state index is 13.5. The molecule has 2 rings (SSSR count). The second-order valence-corrected chi connectivity index (χ2v) is 5.07. The topological polar surface area (TPSA) is 35.8 Å². The quantitative estimate of drug-likeness (QED) is 0.884. The van der Waals surface area contributed by atoms with Crippen LogP contribution in [0.1, 0.15) is 49.3 Å². The van der Waals surface area contributed by atoms with Crippen LogP contribution in [-0.4, -0.2) is 6.04 Å². The molecule has 1 fully saturated rings. The molecule has 2 nitrogen and oxygen atoms in total. The molecule has 96 valence electrons. The van der Waals surface area contributed by atoms with E-state index in [1.54, 1.807) is 13.0 Å². The molecule has 1 saturated carbocycles. The molecule has 1 aliphatic rings. The zero-order chi connectivity index (χ0) is 13.0. The van der Waals surface area contributed by atoms with Crippen LogP contribution >= 0.6 is 0 Å². The fourth-order valence-corrected chi connectivity index (χ4v) is 2.50. The minimum absolute atomic E-state index is 0.238. The van der Waals surface area contributed by atoms with E-state index >= 15 is 0 Å². The Hall–Kier alpha value is -1.40.